The SMILES string of the molecule is Cc1cc(-c2nc3nc(S(C)(=O)=O)nc(N)n3n2)ccc1[N+](=O)[O-]. The van der Waals surface area contributed by atoms with E-state index in [-0.39, 0.29) is 23.2 Å². The van der Waals surface area contributed by atoms with Crippen LogP contribution in [0.15, 0.2) is 23.4 Å². The molecule has 0 spiro atoms. The highest BCUT2D eigenvalue weighted by molar-refractivity contribution is 7.90. The molecule has 0 saturated carbocycles. The molecule has 0 unspecified atom stereocenters. The van der Waals surface area contributed by atoms with E-state index in [1.165, 1.54) is 12.1 Å². The summed E-state index contributed by atoms with van der Waals surface area (Å²) in [5, 5.41) is 14.5. The fourth-order valence-electron chi connectivity index (χ4n) is 2.07. The Bertz CT molecular complexity index is 1090. The number of rotatable bonds is 3. The van der Waals surface area contributed by atoms with Gasteiger partial charge in [-0.1, -0.05) is 0 Å². The van der Waals surface area contributed by atoms with Crippen molar-refractivity contribution in [1.82, 2.24) is 24.6 Å². The molecule has 2 aromatic heterocycles. The van der Waals surface area contributed by atoms with Gasteiger partial charge in [-0.3, -0.25) is 10.1 Å². The maximum absolute atomic E-state index is 11.5. The number of aromatic nitrogens is 5. The summed E-state index contributed by atoms with van der Waals surface area (Å²) in [7, 11) is -3.65. The number of sulfone groups is 1. The monoisotopic (exact) mass is 349 g/mol. The van der Waals surface area contributed by atoms with E-state index < -0.39 is 19.9 Å². The van der Waals surface area contributed by atoms with Gasteiger partial charge in [0.25, 0.3) is 16.6 Å². The van der Waals surface area contributed by atoms with Gasteiger partial charge in [-0.25, -0.2) is 8.42 Å². The Hall–Kier alpha value is -3.15. The van der Waals surface area contributed by atoms with Crippen molar-refractivity contribution in [1.29, 1.82) is 0 Å². The van der Waals surface area contributed by atoms with E-state index in [0.29, 0.717) is 11.1 Å². The van der Waals surface area contributed by atoms with Crippen molar-refractivity contribution in [2.75, 3.05) is 12.0 Å². The fourth-order valence-corrected chi connectivity index (χ4v) is 2.58. The summed E-state index contributed by atoms with van der Waals surface area (Å²) < 4.78 is 24.2. The van der Waals surface area contributed by atoms with Gasteiger partial charge in [0.05, 0.1) is 4.92 Å². The molecule has 24 heavy (non-hydrogen) atoms. The number of nitrogens with two attached hydrogens (primary N) is 1. The van der Waals surface area contributed by atoms with Gasteiger partial charge in [0.1, 0.15) is 0 Å². The standard InChI is InChI=1S/C12H11N7O4S/c1-6-5-7(3-4-8(6)19(20)21)9-14-11-16-12(24(2,22)23)15-10(13)18(11)17-9/h3-5H,1-2H3,(H2,13,14,15,16,17). The first-order chi connectivity index (χ1) is 11.2. The van der Waals surface area contributed by atoms with Crippen LogP contribution < -0.4 is 5.73 Å². The van der Waals surface area contributed by atoms with Crippen molar-refractivity contribution >= 4 is 27.3 Å². The van der Waals surface area contributed by atoms with Gasteiger partial charge in [0, 0.05) is 23.4 Å². The molecule has 2 heterocycles. The number of hydrogen-bond donors (Lipinski definition) is 1. The molecule has 0 fully saturated rings. The summed E-state index contributed by atoms with van der Waals surface area (Å²) in [5.41, 5.74) is 6.61. The van der Waals surface area contributed by atoms with Gasteiger partial charge >= 0.3 is 0 Å². The van der Waals surface area contributed by atoms with Crippen LogP contribution in [0.3, 0.4) is 0 Å². The molecule has 0 atom stereocenters. The molecule has 2 N–H and O–H groups in total. The number of benzene rings is 1. The molecule has 12 heteroatoms. The van der Waals surface area contributed by atoms with Crippen LogP contribution in [0.25, 0.3) is 17.2 Å². The predicted octanol–water partition coefficient (Wildman–Crippen LogP) is 0.389. The first kappa shape index (κ1) is 15.7. The summed E-state index contributed by atoms with van der Waals surface area (Å²) >= 11 is 0. The lowest BCUT2D eigenvalue weighted by Crippen LogP contribution is -2.11. The third-order valence-corrected chi connectivity index (χ3v) is 4.04. The van der Waals surface area contributed by atoms with Crippen LogP contribution in [0.4, 0.5) is 11.6 Å². The van der Waals surface area contributed by atoms with E-state index in [2.05, 4.69) is 20.1 Å². The lowest BCUT2D eigenvalue weighted by atomic mass is 10.1. The van der Waals surface area contributed by atoms with Crippen LogP contribution in [0, 0.1) is 17.0 Å². The van der Waals surface area contributed by atoms with Gasteiger partial charge in [-0.15, -0.1) is 5.10 Å². The first-order valence-corrected chi connectivity index (χ1v) is 8.42. The second-order valence-corrected chi connectivity index (χ2v) is 6.95. The predicted molar refractivity (Wildman–Crippen MR) is 82.9 cm³/mol. The van der Waals surface area contributed by atoms with Gasteiger partial charge < -0.3 is 5.73 Å². The van der Waals surface area contributed by atoms with Crippen LogP contribution in [-0.4, -0.2) is 44.2 Å². The Morgan fingerprint density at radius 3 is 2.54 bits per heavy atom. The lowest BCUT2D eigenvalue weighted by molar-refractivity contribution is -0.385. The fraction of sp³-hybridized carbons (Fsp3) is 0.167. The average Bonchev–Trinajstić information content (AvgIpc) is 2.90. The number of nitrogen functional groups attached to an aromatic ring is 1. The molecular formula is C12H11N7O4S. The summed E-state index contributed by atoms with van der Waals surface area (Å²) in [5.74, 6) is -0.0219. The molecule has 1 aromatic carbocycles. The average molecular weight is 349 g/mol. The van der Waals surface area contributed by atoms with E-state index in [9.17, 15) is 18.5 Å². The van der Waals surface area contributed by atoms with Crippen molar-refractivity contribution in [3.63, 3.8) is 0 Å². The molecule has 0 aliphatic heterocycles. The van der Waals surface area contributed by atoms with Crippen LogP contribution in [0.5, 0.6) is 0 Å². The number of nitrogens with zero attached hydrogens (tertiary/aromatic N) is 6. The van der Waals surface area contributed by atoms with Crippen LogP contribution in [0.1, 0.15) is 5.56 Å². The Labute approximate surface area is 135 Å². The Morgan fingerprint density at radius 2 is 1.96 bits per heavy atom. The number of fused-ring (bicyclic) bond motifs is 1. The second-order valence-electron chi connectivity index (χ2n) is 5.04. The van der Waals surface area contributed by atoms with Crippen molar-refractivity contribution < 1.29 is 13.3 Å². The molecule has 0 saturated heterocycles. The molecule has 0 radical (unpaired) electrons. The van der Waals surface area contributed by atoms with E-state index in [0.717, 1.165) is 10.8 Å². The molecule has 0 amide bonds. The van der Waals surface area contributed by atoms with Crippen LogP contribution >= 0.6 is 0 Å². The lowest BCUT2D eigenvalue weighted by Gasteiger charge is -1.99. The number of nitro groups is 1. The van der Waals surface area contributed by atoms with Crippen LogP contribution in [0.2, 0.25) is 0 Å². The van der Waals surface area contributed by atoms with Crippen molar-refractivity contribution in [3.8, 4) is 11.4 Å². The summed E-state index contributed by atoms with van der Waals surface area (Å²) in [6.45, 7) is 1.59. The number of nitro benzene ring substituents is 1. The molecule has 0 aliphatic carbocycles. The summed E-state index contributed by atoms with van der Waals surface area (Å²) in [6.07, 6.45) is 0.954. The minimum Gasteiger partial charge on any atom is -0.368 e. The molecule has 3 aromatic rings. The van der Waals surface area contributed by atoms with E-state index in [1.54, 1.807) is 13.0 Å². The van der Waals surface area contributed by atoms with Crippen LogP contribution in [-0.2, 0) is 9.84 Å². The normalized spacial score (nSPS) is 11.8. The molecule has 124 valence electrons. The number of aryl methyl sites for hydroxylation is 1. The topological polar surface area (TPSA) is 159 Å². The molecule has 0 aliphatic rings. The van der Waals surface area contributed by atoms with Gasteiger partial charge in [0.2, 0.25) is 15.8 Å². The summed E-state index contributed by atoms with van der Waals surface area (Å²) in [4.78, 5) is 22.0. The van der Waals surface area contributed by atoms with Crippen molar-refractivity contribution in [2.24, 2.45) is 0 Å². The minimum atomic E-state index is -3.65. The third-order valence-electron chi connectivity index (χ3n) is 3.20. The van der Waals surface area contributed by atoms with Crippen molar-refractivity contribution in [3.05, 3.63) is 33.9 Å². The number of hydrogen-bond acceptors (Lipinski definition) is 9. The second kappa shape index (κ2) is 5.19. The highest BCUT2D eigenvalue weighted by atomic mass is 32.2. The zero-order valence-corrected chi connectivity index (χ0v) is 13.4. The van der Waals surface area contributed by atoms with E-state index in [1.807, 2.05) is 0 Å². The maximum atomic E-state index is 11.5. The third kappa shape index (κ3) is 2.62. The summed E-state index contributed by atoms with van der Waals surface area (Å²) in [6, 6.07) is 4.38. The molecule has 0 bridgehead atoms. The van der Waals surface area contributed by atoms with E-state index in [4.69, 9.17) is 5.73 Å². The maximum Gasteiger partial charge on any atom is 0.272 e. The Morgan fingerprint density at radius 1 is 1.25 bits per heavy atom. The molecular weight excluding hydrogens is 338 g/mol. The Balaban J connectivity index is 2.17. The van der Waals surface area contributed by atoms with Crippen molar-refractivity contribution in [2.45, 2.75) is 12.1 Å². The van der Waals surface area contributed by atoms with Gasteiger partial charge in [-0.2, -0.15) is 19.5 Å². The zero-order valence-electron chi connectivity index (χ0n) is 12.5. The van der Waals surface area contributed by atoms with Gasteiger partial charge in [0.15, 0.2) is 5.82 Å². The first-order valence-electron chi connectivity index (χ1n) is 6.52. The highest BCUT2D eigenvalue weighted by Gasteiger charge is 2.18. The zero-order chi connectivity index (χ0) is 17.6. The molecule has 3 rings (SSSR count). The Kier molecular flexibility index (Phi) is 3.41. The quantitative estimate of drug-likeness (QED) is 0.521. The smallest absolute Gasteiger partial charge is 0.272 e. The van der Waals surface area contributed by atoms with E-state index >= 15 is 0 Å². The van der Waals surface area contributed by atoms with Gasteiger partial charge in [-0.05, 0) is 19.1 Å². The number of anilines is 1. The highest BCUT2D eigenvalue weighted by Crippen LogP contribution is 2.24. The largest absolute Gasteiger partial charge is 0.368 e. The molecule has 11 nitrogen and oxygen atoms in total. The minimum absolute atomic E-state index is 0.0267.